The molecule has 0 bridgehead atoms. The lowest BCUT2D eigenvalue weighted by molar-refractivity contribution is -0.123. The van der Waals surface area contributed by atoms with Gasteiger partial charge in [0, 0.05) is 32.8 Å². The van der Waals surface area contributed by atoms with Crippen molar-refractivity contribution >= 4 is 24.1 Å². The number of fused-ring (bicyclic) bond motifs is 1. The molecule has 4 atom stereocenters. The molecule has 0 aromatic carbocycles. The van der Waals surface area contributed by atoms with Crippen LogP contribution in [0.15, 0.2) is 12.3 Å². The van der Waals surface area contributed by atoms with Crippen molar-refractivity contribution in [1.82, 2.24) is 15.3 Å². The number of carbonyl (C=O) groups excluding carboxylic acids is 1. The fourth-order valence-electron chi connectivity index (χ4n) is 3.79. The van der Waals surface area contributed by atoms with Crippen LogP contribution >= 0.6 is 0 Å². The van der Waals surface area contributed by atoms with Crippen molar-refractivity contribution in [2.24, 2.45) is 11.8 Å². The molecule has 2 fully saturated rings. The first-order valence-electron chi connectivity index (χ1n) is 8.83. The maximum atomic E-state index is 11.3. The van der Waals surface area contributed by atoms with Gasteiger partial charge in [0.1, 0.15) is 5.82 Å². The maximum absolute atomic E-state index is 11.3. The average molecular weight is 365 g/mol. The summed E-state index contributed by atoms with van der Waals surface area (Å²) in [5, 5.41) is 23.2. The number of anilines is 2. The number of hydrogen-bond donors (Lipinski definition) is 4. The van der Waals surface area contributed by atoms with Crippen LogP contribution in [0.2, 0.25) is 0 Å². The predicted octanol–water partition coefficient (Wildman–Crippen LogP) is 0.321. The molecule has 3 rings (SSSR count). The molecule has 1 aliphatic heterocycles. The van der Waals surface area contributed by atoms with E-state index in [0.29, 0.717) is 11.8 Å². The van der Waals surface area contributed by atoms with Gasteiger partial charge in [-0.2, -0.15) is 4.98 Å². The Kier molecular flexibility index (Phi) is 7.14. The lowest BCUT2D eigenvalue weighted by Crippen LogP contribution is -2.48. The number of nitrogens with zero attached hydrogens (tertiary/aromatic N) is 3. The number of carboxylic acid groups (broad SMARTS) is 1. The molecule has 1 amide bonds. The third-order valence-corrected chi connectivity index (χ3v) is 4.81. The minimum atomic E-state index is -0.464. The first kappa shape index (κ1) is 19.9. The van der Waals surface area contributed by atoms with Gasteiger partial charge in [-0.25, -0.2) is 4.98 Å². The van der Waals surface area contributed by atoms with Crippen LogP contribution in [0.3, 0.4) is 0 Å². The summed E-state index contributed by atoms with van der Waals surface area (Å²) in [6.45, 7) is 5.86. The van der Waals surface area contributed by atoms with Crippen LogP contribution in [0.5, 0.6) is 0 Å². The van der Waals surface area contributed by atoms with Crippen molar-refractivity contribution < 1.29 is 19.8 Å². The topological polar surface area (TPSA) is 128 Å². The van der Waals surface area contributed by atoms with Crippen LogP contribution in [-0.4, -0.2) is 64.3 Å². The van der Waals surface area contributed by atoms with Crippen LogP contribution in [0.4, 0.5) is 11.8 Å². The van der Waals surface area contributed by atoms with Gasteiger partial charge in [-0.05, 0) is 37.7 Å². The summed E-state index contributed by atoms with van der Waals surface area (Å²) in [7, 11) is 0. The summed E-state index contributed by atoms with van der Waals surface area (Å²) in [4.78, 5) is 30.8. The number of carbonyl (C=O) groups is 2. The maximum Gasteiger partial charge on any atom is 0.290 e. The van der Waals surface area contributed by atoms with E-state index in [1.807, 2.05) is 13.0 Å². The molecule has 2 aliphatic rings. The highest BCUT2D eigenvalue weighted by molar-refractivity contribution is 5.73. The highest BCUT2D eigenvalue weighted by atomic mass is 16.3. The Balaban J connectivity index is 0.000000758. The Morgan fingerprint density at radius 3 is 2.65 bits per heavy atom. The molecule has 144 valence electrons. The third kappa shape index (κ3) is 5.04. The van der Waals surface area contributed by atoms with E-state index in [1.54, 1.807) is 6.20 Å². The van der Waals surface area contributed by atoms with Crippen molar-refractivity contribution in [3.05, 3.63) is 12.3 Å². The zero-order valence-corrected chi connectivity index (χ0v) is 15.1. The summed E-state index contributed by atoms with van der Waals surface area (Å²) in [5.41, 5.74) is 0. The standard InChI is InChI=1S/C16H25N5O2.CH2O2/c1-3-17-15-4-5-18-16(20-15)21-8-11-6-13(19-10(2)22)14(23)7-12(11)9-21;2-1-3/h4-5,11-14,23H,3,6-9H2,1-2H3,(H,19,22)(H,17,18,20);1H,(H,2,3)/t11-,12+,13-,14-;/m1./s1. The molecular weight excluding hydrogens is 338 g/mol. The van der Waals surface area contributed by atoms with Crippen molar-refractivity contribution in [2.45, 2.75) is 38.8 Å². The number of nitrogens with one attached hydrogen (secondary N) is 2. The van der Waals surface area contributed by atoms with Crippen LogP contribution in [0.25, 0.3) is 0 Å². The predicted molar refractivity (Wildman–Crippen MR) is 96.9 cm³/mol. The van der Waals surface area contributed by atoms with Gasteiger partial charge in [0.05, 0.1) is 12.1 Å². The molecule has 1 aliphatic carbocycles. The van der Waals surface area contributed by atoms with Gasteiger partial charge in [-0.1, -0.05) is 0 Å². The van der Waals surface area contributed by atoms with Crippen LogP contribution in [0, 0.1) is 11.8 Å². The Hall–Kier alpha value is -2.42. The van der Waals surface area contributed by atoms with Crippen LogP contribution in [-0.2, 0) is 9.59 Å². The number of aliphatic hydroxyl groups excluding tert-OH is 1. The molecule has 1 saturated heterocycles. The number of rotatable bonds is 4. The van der Waals surface area contributed by atoms with E-state index in [-0.39, 0.29) is 18.4 Å². The molecule has 0 spiro atoms. The zero-order valence-electron chi connectivity index (χ0n) is 15.1. The number of aliphatic hydroxyl groups is 1. The highest BCUT2D eigenvalue weighted by Crippen LogP contribution is 2.37. The molecular formula is C17H27N5O4. The second-order valence-electron chi connectivity index (χ2n) is 6.65. The van der Waals surface area contributed by atoms with Crippen LogP contribution < -0.4 is 15.5 Å². The summed E-state index contributed by atoms with van der Waals surface area (Å²) in [5.74, 6) is 2.39. The van der Waals surface area contributed by atoms with E-state index >= 15 is 0 Å². The average Bonchev–Trinajstić information content (AvgIpc) is 2.99. The molecule has 4 N–H and O–H groups in total. The molecule has 9 heteroatoms. The minimum absolute atomic E-state index is 0.0796. The normalized spacial score (nSPS) is 27.0. The van der Waals surface area contributed by atoms with Crippen molar-refractivity contribution in [3.8, 4) is 0 Å². The van der Waals surface area contributed by atoms with Crippen molar-refractivity contribution in [2.75, 3.05) is 29.9 Å². The van der Waals surface area contributed by atoms with Gasteiger partial charge in [0.2, 0.25) is 11.9 Å². The van der Waals surface area contributed by atoms with Crippen LogP contribution in [0.1, 0.15) is 26.7 Å². The highest BCUT2D eigenvalue weighted by Gasteiger charge is 2.42. The van der Waals surface area contributed by atoms with E-state index in [4.69, 9.17) is 9.90 Å². The number of aromatic nitrogens is 2. The first-order valence-corrected chi connectivity index (χ1v) is 8.83. The van der Waals surface area contributed by atoms with E-state index in [1.165, 1.54) is 6.92 Å². The Morgan fingerprint density at radius 1 is 1.38 bits per heavy atom. The van der Waals surface area contributed by atoms with E-state index in [9.17, 15) is 9.90 Å². The van der Waals surface area contributed by atoms with Gasteiger partial charge >= 0.3 is 0 Å². The quantitative estimate of drug-likeness (QED) is 0.562. The molecule has 0 radical (unpaired) electrons. The summed E-state index contributed by atoms with van der Waals surface area (Å²) in [6, 6.07) is 1.73. The smallest absolute Gasteiger partial charge is 0.290 e. The molecule has 9 nitrogen and oxygen atoms in total. The fourth-order valence-corrected chi connectivity index (χ4v) is 3.79. The molecule has 1 aromatic rings. The molecule has 1 aromatic heterocycles. The lowest BCUT2D eigenvalue weighted by atomic mass is 9.77. The van der Waals surface area contributed by atoms with Gasteiger partial charge in [-0.3, -0.25) is 9.59 Å². The van der Waals surface area contributed by atoms with Gasteiger partial charge in [0.15, 0.2) is 0 Å². The largest absolute Gasteiger partial charge is 0.483 e. The number of amides is 1. The summed E-state index contributed by atoms with van der Waals surface area (Å²) in [6.07, 6.45) is 2.85. The van der Waals surface area contributed by atoms with Crippen molar-refractivity contribution in [1.29, 1.82) is 0 Å². The van der Waals surface area contributed by atoms with Gasteiger partial charge < -0.3 is 25.7 Å². The Bertz CT molecular complexity index is 615. The second-order valence-corrected chi connectivity index (χ2v) is 6.65. The summed E-state index contributed by atoms with van der Waals surface area (Å²) < 4.78 is 0. The first-order chi connectivity index (χ1) is 12.5. The lowest BCUT2D eigenvalue weighted by Gasteiger charge is -2.35. The zero-order chi connectivity index (χ0) is 19.1. The minimum Gasteiger partial charge on any atom is -0.483 e. The second kappa shape index (κ2) is 9.33. The van der Waals surface area contributed by atoms with Gasteiger partial charge in [-0.15, -0.1) is 0 Å². The molecule has 1 saturated carbocycles. The van der Waals surface area contributed by atoms with E-state index in [2.05, 4.69) is 25.5 Å². The molecule has 0 unspecified atom stereocenters. The van der Waals surface area contributed by atoms with E-state index < -0.39 is 6.10 Å². The monoisotopic (exact) mass is 365 g/mol. The fraction of sp³-hybridized carbons (Fsp3) is 0.647. The van der Waals surface area contributed by atoms with Crippen molar-refractivity contribution in [3.63, 3.8) is 0 Å². The van der Waals surface area contributed by atoms with E-state index in [0.717, 1.165) is 44.2 Å². The number of hydrogen-bond acceptors (Lipinski definition) is 7. The Morgan fingerprint density at radius 2 is 2.04 bits per heavy atom. The molecule has 2 heterocycles. The molecule has 26 heavy (non-hydrogen) atoms. The Labute approximate surface area is 152 Å². The SMILES string of the molecule is CCNc1ccnc(N2C[C@H]3C[C@@H](NC(C)=O)[C@H](O)C[C@H]3C2)n1.O=CO. The van der Waals surface area contributed by atoms with Gasteiger partial charge in [0.25, 0.3) is 6.47 Å². The third-order valence-electron chi connectivity index (χ3n) is 4.81. The summed E-state index contributed by atoms with van der Waals surface area (Å²) >= 11 is 0.